The number of aromatic amines is 1. The van der Waals surface area contributed by atoms with Gasteiger partial charge in [0.15, 0.2) is 0 Å². The van der Waals surface area contributed by atoms with Crippen LogP contribution in [-0.2, 0) is 0 Å². The van der Waals surface area contributed by atoms with E-state index in [0.29, 0.717) is 0 Å². The fourth-order valence-electron chi connectivity index (χ4n) is 3.27. The third-order valence-electron chi connectivity index (χ3n) is 4.61. The molecule has 3 nitrogen and oxygen atoms in total. The minimum absolute atomic E-state index is 0.0409. The molecule has 2 N–H and O–H groups in total. The van der Waals surface area contributed by atoms with E-state index in [9.17, 15) is 4.79 Å². The summed E-state index contributed by atoms with van der Waals surface area (Å²) >= 11 is 1.91. The highest BCUT2D eigenvalue weighted by atomic mass is 32.2. The second kappa shape index (κ2) is 6.14. The van der Waals surface area contributed by atoms with E-state index in [1.165, 1.54) is 32.1 Å². The van der Waals surface area contributed by atoms with E-state index >= 15 is 0 Å². The number of hydrogen-bond donors (Lipinski definition) is 2. The zero-order valence-electron chi connectivity index (χ0n) is 12.4. The summed E-state index contributed by atoms with van der Waals surface area (Å²) in [5.41, 5.74) is 1.78. The van der Waals surface area contributed by atoms with Crippen LogP contribution in [0.4, 0.5) is 0 Å². The Hall–Kier alpha value is -1.42. The van der Waals surface area contributed by atoms with Gasteiger partial charge in [0.1, 0.15) is 0 Å². The number of aromatic nitrogens is 1. The highest BCUT2D eigenvalue weighted by Crippen LogP contribution is 2.38. The zero-order valence-corrected chi connectivity index (χ0v) is 13.3. The van der Waals surface area contributed by atoms with Crippen molar-refractivity contribution in [2.45, 2.75) is 36.9 Å². The Labute approximate surface area is 129 Å². The van der Waals surface area contributed by atoms with Gasteiger partial charge in [-0.1, -0.05) is 25.3 Å². The third kappa shape index (κ3) is 2.95. The Balaban J connectivity index is 1.73. The summed E-state index contributed by atoms with van der Waals surface area (Å²) < 4.78 is 0.236. The van der Waals surface area contributed by atoms with Gasteiger partial charge in [0, 0.05) is 34.0 Å². The summed E-state index contributed by atoms with van der Waals surface area (Å²) in [4.78, 5) is 15.7. The second-order valence-corrected chi connectivity index (χ2v) is 7.15. The van der Waals surface area contributed by atoms with Crippen molar-refractivity contribution in [3.63, 3.8) is 0 Å². The average Bonchev–Trinajstić information content (AvgIpc) is 3.02. The molecule has 1 saturated carbocycles. The van der Waals surface area contributed by atoms with E-state index in [0.717, 1.165) is 23.0 Å². The highest BCUT2D eigenvalue weighted by molar-refractivity contribution is 8.00. The van der Waals surface area contributed by atoms with Crippen LogP contribution in [0.2, 0.25) is 0 Å². The molecular weight excluding hydrogens is 280 g/mol. The normalized spacial score (nSPS) is 17.8. The Morgan fingerprint density at radius 3 is 2.86 bits per heavy atom. The summed E-state index contributed by atoms with van der Waals surface area (Å²) in [5, 5.41) is 4.17. The summed E-state index contributed by atoms with van der Waals surface area (Å²) in [6.07, 6.45) is 10.4. The van der Waals surface area contributed by atoms with Gasteiger partial charge in [-0.05, 0) is 37.3 Å². The maximum Gasteiger partial charge on any atom is 0.252 e. The number of nitrogens with one attached hydrogen (secondary N) is 2. The lowest BCUT2D eigenvalue weighted by Gasteiger charge is -2.35. The minimum Gasteiger partial charge on any atom is -0.361 e. The molecule has 3 rings (SSSR count). The Morgan fingerprint density at radius 2 is 2.10 bits per heavy atom. The monoisotopic (exact) mass is 302 g/mol. The average molecular weight is 302 g/mol. The Bertz CT molecular complexity index is 629. The molecule has 0 atom stereocenters. The molecule has 0 bridgehead atoms. The number of thioether (sulfide) groups is 1. The smallest absolute Gasteiger partial charge is 0.252 e. The first-order chi connectivity index (χ1) is 10.2. The van der Waals surface area contributed by atoms with Crippen LogP contribution in [0.25, 0.3) is 10.9 Å². The number of benzene rings is 1. The molecule has 2 aromatic rings. The molecule has 0 radical (unpaired) electrons. The first kappa shape index (κ1) is 14.5. The van der Waals surface area contributed by atoms with Crippen molar-refractivity contribution in [3.8, 4) is 0 Å². The molecule has 1 aromatic heterocycles. The molecule has 4 heteroatoms. The molecular formula is C17H22N2OS. The van der Waals surface area contributed by atoms with E-state index < -0.39 is 0 Å². The number of hydrogen-bond acceptors (Lipinski definition) is 2. The second-order valence-electron chi connectivity index (χ2n) is 5.87. The first-order valence-electron chi connectivity index (χ1n) is 7.64. The lowest BCUT2D eigenvalue weighted by atomic mass is 9.88. The van der Waals surface area contributed by atoms with Gasteiger partial charge < -0.3 is 10.3 Å². The molecule has 112 valence electrons. The SMILES string of the molecule is CSC1(CNC(=O)c2cccc3[nH]ccc23)CCCCC1. The van der Waals surface area contributed by atoms with Gasteiger partial charge in [0.05, 0.1) is 0 Å². The van der Waals surface area contributed by atoms with Crippen LogP contribution in [0.1, 0.15) is 42.5 Å². The Morgan fingerprint density at radius 1 is 1.29 bits per heavy atom. The van der Waals surface area contributed by atoms with Crippen LogP contribution in [0.15, 0.2) is 30.5 Å². The topological polar surface area (TPSA) is 44.9 Å². The van der Waals surface area contributed by atoms with Crippen LogP contribution in [-0.4, -0.2) is 28.4 Å². The van der Waals surface area contributed by atoms with Gasteiger partial charge in [0.25, 0.3) is 5.91 Å². The van der Waals surface area contributed by atoms with Crippen LogP contribution in [0.5, 0.6) is 0 Å². The molecule has 1 heterocycles. The fourth-order valence-corrected chi connectivity index (χ4v) is 4.18. The van der Waals surface area contributed by atoms with Crippen molar-refractivity contribution in [1.29, 1.82) is 0 Å². The molecule has 1 amide bonds. The van der Waals surface area contributed by atoms with Crippen LogP contribution >= 0.6 is 11.8 Å². The summed E-state index contributed by atoms with van der Waals surface area (Å²) in [6.45, 7) is 0.772. The van der Waals surface area contributed by atoms with Gasteiger partial charge >= 0.3 is 0 Å². The van der Waals surface area contributed by atoms with E-state index in [2.05, 4.69) is 16.6 Å². The predicted molar refractivity (Wildman–Crippen MR) is 90.0 cm³/mol. The van der Waals surface area contributed by atoms with Crippen LogP contribution in [0, 0.1) is 0 Å². The van der Waals surface area contributed by atoms with E-state index in [1.54, 1.807) is 0 Å². The molecule has 0 spiro atoms. The van der Waals surface area contributed by atoms with Gasteiger partial charge in [-0.15, -0.1) is 0 Å². The van der Waals surface area contributed by atoms with Crippen molar-refractivity contribution in [3.05, 3.63) is 36.0 Å². The van der Waals surface area contributed by atoms with E-state index in [-0.39, 0.29) is 10.7 Å². The van der Waals surface area contributed by atoms with Gasteiger partial charge in [0.2, 0.25) is 0 Å². The number of rotatable bonds is 4. The number of H-pyrrole nitrogens is 1. The maximum atomic E-state index is 12.5. The summed E-state index contributed by atoms with van der Waals surface area (Å²) in [5.74, 6) is 0.0409. The number of fused-ring (bicyclic) bond motifs is 1. The predicted octanol–water partition coefficient (Wildman–Crippen LogP) is 3.96. The highest BCUT2D eigenvalue weighted by Gasteiger charge is 2.31. The van der Waals surface area contributed by atoms with Crippen molar-refractivity contribution < 1.29 is 4.79 Å². The van der Waals surface area contributed by atoms with Gasteiger partial charge in [-0.25, -0.2) is 0 Å². The maximum absolute atomic E-state index is 12.5. The number of amides is 1. The standard InChI is InChI=1S/C17H22N2OS/c1-21-17(9-3-2-4-10-17)12-19-16(20)14-6-5-7-15-13(14)8-11-18-15/h5-8,11,18H,2-4,9-10,12H2,1H3,(H,19,20). The van der Waals surface area contributed by atoms with Gasteiger partial charge in [-0.2, -0.15) is 11.8 Å². The lowest BCUT2D eigenvalue weighted by molar-refractivity contribution is 0.0948. The molecule has 0 aliphatic heterocycles. The quantitative estimate of drug-likeness (QED) is 0.898. The van der Waals surface area contributed by atoms with Crippen LogP contribution in [0.3, 0.4) is 0 Å². The Kier molecular flexibility index (Phi) is 4.24. The molecule has 0 saturated heterocycles. The number of carbonyl (C=O) groups excluding carboxylic acids is 1. The molecule has 1 aromatic carbocycles. The third-order valence-corrected chi connectivity index (χ3v) is 6.03. The fraction of sp³-hybridized carbons (Fsp3) is 0.471. The molecule has 1 aliphatic rings. The van der Waals surface area contributed by atoms with Gasteiger partial charge in [-0.3, -0.25) is 4.79 Å². The van der Waals surface area contributed by atoms with E-state index in [4.69, 9.17) is 0 Å². The minimum atomic E-state index is 0.0409. The lowest BCUT2D eigenvalue weighted by Crippen LogP contribution is -2.41. The number of carbonyl (C=O) groups is 1. The molecule has 1 aliphatic carbocycles. The van der Waals surface area contributed by atoms with Crippen molar-refractivity contribution in [2.24, 2.45) is 0 Å². The molecule has 21 heavy (non-hydrogen) atoms. The van der Waals surface area contributed by atoms with Crippen molar-refractivity contribution in [1.82, 2.24) is 10.3 Å². The summed E-state index contributed by atoms with van der Waals surface area (Å²) in [6, 6.07) is 7.79. The molecule has 0 unspecified atom stereocenters. The first-order valence-corrected chi connectivity index (χ1v) is 8.86. The summed E-state index contributed by atoms with van der Waals surface area (Å²) in [7, 11) is 0. The van der Waals surface area contributed by atoms with Crippen molar-refractivity contribution in [2.75, 3.05) is 12.8 Å². The zero-order chi connectivity index (χ0) is 14.7. The van der Waals surface area contributed by atoms with E-state index in [1.807, 2.05) is 42.2 Å². The van der Waals surface area contributed by atoms with Crippen molar-refractivity contribution >= 4 is 28.6 Å². The largest absolute Gasteiger partial charge is 0.361 e. The van der Waals surface area contributed by atoms with Crippen LogP contribution < -0.4 is 5.32 Å². The molecule has 1 fully saturated rings.